The summed E-state index contributed by atoms with van der Waals surface area (Å²) in [5.74, 6) is 1.22. The Morgan fingerprint density at radius 3 is 2.89 bits per heavy atom. The van der Waals surface area contributed by atoms with Gasteiger partial charge in [0.1, 0.15) is 5.75 Å². The van der Waals surface area contributed by atoms with E-state index in [2.05, 4.69) is 17.5 Å². The van der Waals surface area contributed by atoms with Gasteiger partial charge < -0.3 is 19.4 Å². The molecule has 1 N–H and O–H groups in total. The van der Waals surface area contributed by atoms with Crippen molar-refractivity contribution < 1.29 is 13.9 Å². The molecule has 0 radical (unpaired) electrons. The predicted octanol–water partition coefficient (Wildman–Crippen LogP) is 3.36. The number of ether oxygens (including phenoxy) is 1. The Morgan fingerprint density at radius 2 is 2.15 bits per heavy atom. The molecule has 27 heavy (non-hydrogen) atoms. The van der Waals surface area contributed by atoms with Gasteiger partial charge in [0.15, 0.2) is 5.76 Å². The van der Waals surface area contributed by atoms with Crippen molar-refractivity contribution >= 4 is 5.91 Å². The van der Waals surface area contributed by atoms with Gasteiger partial charge in [0.25, 0.3) is 5.91 Å². The quantitative estimate of drug-likeness (QED) is 0.724. The van der Waals surface area contributed by atoms with Crippen LogP contribution in [-0.2, 0) is 6.54 Å². The number of hydrogen-bond donors (Lipinski definition) is 1. The normalized spacial score (nSPS) is 14.7. The zero-order valence-electron chi connectivity index (χ0n) is 15.4. The van der Waals surface area contributed by atoms with Crippen LogP contribution < -0.4 is 10.1 Å². The van der Waals surface area contributed by atoms with Gasteiger partial charge in [-0.3, -0.25) is 4.79 Å². The van der Waals surface area contributed by atoms with Crippen LogP contribution in [0.25, 0.3) is 0 Å². The Labute approximate surface area is 159 Å². The number of piperidine rings is 1. The van der Waals surface area contributed by atoms with Crippen molar-refractivity contribution in [2.24, 2.45) is 0 Å². The molecule has 0 bridgehead atoms. The summed E-state index contributed by atoms with van der Waals surface area (Å²) in [6.07, 6.45) is 4.65. The number of nitrogens with zero attached hydrogens (tertiary/aromatic N) is 2. The third-order valence-electron chi connectivity index (χ3n) is 4.71. The molecule has 2 heterocycles. The zero-order chi connectivity index (χ0) is 18.9. The summed E-state index contributed by atoms with van der Waals surface area (Å²) in [5, 5.41) is 12.1. The van der Waals surface area contributed by atoms with Gasteiger partial charge in [-0.15, -0.1) is 0 Å². The van der Waals surface area contributed by atoms with E-state index in [0.29, 0.717) is 24.8 Å². The first-order chi connectivity index (χ1) is 13.3. The summed E-state index contributed by atoms with van der Waals surface area (Å²) < 4.78 is 10.9. The summed E-state index contributed by atoms with van der Waals surface area (Å²) in [6.45, 7) is 2.80. The first-order valence-corrected chi connectivity index (χ1v) is 9.41. The SMILES string of the molecule is N#CCCCOc1cccc(CNC2CCN(C(=O)c3ccco3)CC2)c1. The first kappa shape index (κ1) is 19.0. The minimum Gasteiger partial charge on any atom is -0.494 e. The van der Waals surface area contributed by atoms with Gasteiger partial charge in [0.05, 0.1) is 18.9 Å². The predicted molar refractivity (Wildman–Crippen MR) is 101 cm³/mol. The first-order valence-electron chi connectivity index (χ1n) is 9.41. The number of carbonyl (C=O) groups is 1. The third-order valence-corrected chi connectivity index (χ3v) is 4.71. The van der Waals surface area contributed by atoms with Gasteiger partial charge in [0, 0.05) is 32.1 Å². The van der Waals surface area contributed by atoms with Gasteiger partial charge in [0.2, 0.25) is 0 Å². The molecule has 3 rings (SSSR count). The van der Waals surface area contributed by atoms with E-state index in [-0.39, 0.29) is 5.91 Å². The highest BCUT2D eigenvalue weighted by Crippen LogP contribution is 2.17. The summed E-state index contributed by atoms with van der Waals surface area (Å²) >= 11 is 0. The van der Waals surface area contributed by atoms with E-state index in [1.165, 1.54) is 11.8 Å². The van der Waals surface area contributed by atoms with Crippen molar-refractivity contribution in [3.63, 3.8) is 0 Å². The molecule has 1 amide bonds. The van der Waals surface area contributed by atoms with Crippen LogP contribution in [0.1, 0.15) is 41.8 Å². The maximum atomic E-state index is 12.3. The molecule has 142 valence electrons. The lowest BCUT2D eigenvalue weighted by Gasteiger charge is -2.32. The topological polar surface area (TPSA) is 78.5 Å². The summed E-state index contributed by atoms with van der Waals surface area (Å²) in [6, 6.07) is 14.0. The number of nitrogens with one attached hydrogen (secondary N) is 1. The maximum absolute atomic E-state index is 12.3. The maximum Gasteiger partial charge on any atom is 0.289 e. The van der Waals surface area contributed by atoms with Gasteiger partial charge in [-0.05, 0) is 49.1 Å². The van der Waals surface area contributed by atoms with E-state index < -0.39 is 0 Å². The molecule has 1 aliphatic rings. The number of likely N-dealkylation sites (tertiary alicyclic amines) is 1. The molecule has 6 nitrogen and oxygen atoms in total. The molecule has 1 aliphatic heterocycles. The van der Waals surface area contributed by atoms with Crippen molar-refractivity contribution in [3.8, 4) is 11.8 Å². The van der Waals surface area contributed by atoms with Crippen LogP contribution in [0.4, 0.5) is 0 Å². The minimum atomic E-state index is -0.0281. The lowest BCUT2D eigenvalue weighted by atomic mass is 10.0. The van der Waals surface area contributed by atoms with Crippen molar-refractivity contribution in [2.45, 2.75) is 38.3 Å². The molecule has 0 spiro atoms. The second-order valence-electron chi connectivity index (χ2n) is 6.68. The summed E-state index contributed by atoms with van der Waals surface area (Å²) in [5.41, 5.74) is 1.17. The molecule has 1 aromatic heterocycles. The van der Waals surface area contributed by atoms with Crippen LogP contribution in [0.5, 0.6) is 5.75 Å². The van der Waals surface area contributed by atoms with Crippen LogP contribution >= 0.6 is 0 Å². The van der Waals surface area contributed by atoms with E-state index in [1.807, 2.05) is 23.1 Å². The molecular formula is C21H25N3O3. The minimum absolute atomic E-state index is 0.0281. The molecule has 1 aromatic carbocycles. The van der Waals surface area contributed by atoms with Crippen LogP contribution in [0.15, 0.2) is 47.1 Å². The fraction of sp³-hybridized carbons (Fsp3) is 0.429. The number of carbonyl (C=O) groups excluding carboxylic acids is 1. The van der Waals surface area contributed by atoms with Crippen molar-refractivity contribution in [3.05, 3.63) is 54.0 Å². The zero-order valence-corrected chi connectivity index (χ0v) is 15.4. The molecule has 0 saturated carbocycles. The average molecular weight is 367 g/mol. The van der Waals surface area contributed by atoms with Crippen molar-refractivity contribution in [2.75, 3.05) is 19.7 Å². The van der Waals surface area contributed by atoms with Crippen LogP contribution in [-0.4, -0.2) is 36.5 Å². The van der Waals surface area contributed by atoms with Crippen molar-refractivity contribution in [1.29, 1.82) is 5.26 Å². The molecular weight excluding hydrogens is 342 g/mol. The second-order valence-corrected chi connectivity index (χ2v) is 6.68. The number of hydrogen-bond acceptors (Lipinski definition) is 5. The van der Waals surface area contributed by atoms with Crippen molar-refractivity contribution in [1.82, 2.24) is 10.2 Å². The summed E-state index contributed by atoms with van der Waals surface area (Å²) in [4.78, 5) is 14.1. The molecule has 0 atom stereocenters. The second kappa shape index (κ2) is 9.79. The number of nitriles is 1. The number of amides is 1. The van der Waals surface area contributed by atoms with E-state index in [0.717, 1.165) is 44.6 Å². The third kappa shape index (κ3) is 5.60. The van der Waals surface area contributed by atoms with Gasteiger partial charge >= 0.3 is 0 Å². The van der Waals surface area contributed by atoms with Crippen LogP contribution in [0.2, 0.25) is 0 Å². The Hall–Kier alpha value is -2.78. The van der Waals surface area contributed by atoms with Gasteiger partial charge in [-0.2, -0.15) is 5.26 Å². The summed E-state index contributed by atoms with van der Waals surface area (Å²) in [7, 11) is 0. The molecule has 1 saturated heterocycles. The monoisotopic (exact) mass is 367 g/mol. The molecule has 0 unspecified atom stereocenters. The molecule has 0 aliphatic carbocycles. The number of furan rings is 1. The van der Waals surface area contributed by atoms with Gasteiger partial charge in [-0.25, -0.2) is 0 Å². The van der Waals surface area contributed by atoms with E-state index in [1.54, 1.807) is 12.1 Å². The molecule has 6 heteroatoms. The lowest BCUT2D eigenvalue weighted by molar-refractivity contribution is 0.0672. The molecule has 2 aromatic rings. The number of rotatable bonds is 8. The lowest BCUT2D eigenvalue weighted by Crippen LogP contribution is -2.44. The largest absolute Gasteiger partial charge is 0.494 e. The highest BCUT2D eigenvalue weighted by molar-refractivity contribution is 5.91. The fourth-order valence-corrected chi connectivity index (χ4v) is 3.19. The number of benzene rings is 1. The Morgan fingerprint density at radius 1 is 1.30 bits per heavy atom. The van der Waals surface area contributed by atoms with Gasteiger partial charge in [-0.1, -0.05) is 12.1 Å². The molecule has 1 fully saturated rings. The fourth-order valence-electron chi connectivity index (χ4n) is 3.19. The van der Waals surface area contributed by atoms with E-state index in [4.69, 9.17) is 14.4 Å². The van der Waals surface area contributed by atoms with Crippen LogP contribution in [0.3, 0.4) is 0 Å². The Balaban J connectivity index is 1.41. The highest BCUT2D eigenvalue weighted by Gasteiger charge is 2.24. The average Bonchev–Trinajstić information content (AvgIpc) is 3.25. The van der Waals surface area contributed by atoms with Crippen LogP contribution in [0, 0.1) is 11.3 Å². The number of unbranched alkanes of at least 4 members (excludes halogenated alkanes) is 1. The highest BCUT2D eigenvalue weighted by atomic mass is 16.5. The Kier molecular flexibility index (Phi) is 6.89. The van der Waals surface area contributed by atoms with E-state index >= 15 is 0 Å². The smallest absolute Gasteiger partial charge is 0.289 e. The van der Waals surface area contributed by atoms with E-state index in [9.17, 15) is 4.79 Å². The standard InChI is InChI=1S/C21H25N3O3/c22-10-1-2-13-26-19-6-3-5-17(15-19)16-23-18-8-11-24(12-9-18)21(25)20-7-4-14-27-20/h3-7,14-15,18,23H,1-2,8-9,11-13,16H2. The Bertz CT molecular complexity index is 759.